The lowest BCUT2D eigenvalue weighted by atomic mass is 10.1. The molecule has 114 valence electrons. The van der Waals surface area contributed by atoms with Crippen LogP contribution in [0.5, 0.6) is 0 Å². The summed E-state index contributed by atoms with van der Waals surface area (Å²) in [6, 6.07) is 11.6. The van der Waals surface area contributed by atoms with Crippen molar-refractivity contribution < 1.29 is 4.74 Å². The van der Waals surface area contributed by atoms with Crippen molar-refractivity contribution in [3.05, 3.63) is 63.4 Å². The first-order valence-corrected chi connectivity index (χ1v) is 7.80. The Balaban J connectivity index is 1.73. The van der Waals surface area contributed by atoms with Gasteiger partial charge in [0.2, 0.25) is 0 Å². The van der Waals surface area contributed by atoms with Gasteiger partial charge in [-0.15, -0.1) is 0 Å². The first-order valence-electron chi connectivity index (χ1n) is 7.04. The van der Waals surface area contributed by atoms with Gasteiger partial charge in [0.05, 0.1) is 23.7 Å². The van der Waals surface area contributed by atoms with Gasteiger partial charge in [0.1, 0.15) is 5.82 Å². The third-order valence-corrected chi connectivity index (χ3v) is 3.95. The fourth-order valence-electron chi connectivity index (χ4n) is 2.42. The summed E-state index contributed by atoms with van der Waals surface area (Å²) >= 11 is 12.0. The van der Waals surface area contributed by atoms with Gasteiger partial charge in [-0.2, -0.15) is 0 Å². The minimum atomic E-state index is -0.0363. The summed E-state index contributed by atoms with van der Waals surface area (Å²) in [6.45, 7) is 4.43. The molecule has 0 fully saturated rings. The number of benzene rings is 2. The standard InChI is InChI=1S/C17H16Cl2N2O/c1-10(22-9-12-5-14(18)8-15(19)6-12)13-3-4-16-17(7-13)21-11(2)20-16/h3-8,10H,9H2,1-2H3,(H,20,21). The number of aromatic amines is 1. The summed E-state index contributed by atoms with van der Waals surface area (Å²) in [4.78, 5) is 7.64. The number of hydrogen-bond acceptors (Lipinski definition) is 2. The normalized spacial score (nSPS) is 12.7. The Bertz CT molecular complexity index is 793. The molecule has 3 rings (SSSR count). The molecule has 0 radical (unpaired) electrons. The van der Waals surface area contributed by atoms with Gasteiger partial charge in [-0.25, -0.2) is 4.98 Å². The SMILES string of the molecule is Cc1nc2ccc(C(C)OCc3cc(Cl)cc(Cl)c3)cc2[nH]1. The van der Waals surface area contributed by atoms with Gasteiger partial charge in [0, 0.05) is 10.0 Å². The van der Waals surface area contributed by atoms with Gasteiger partial charge in [-0.1, -0.05) is 29.3 Å². The van der Waals surface area contributed by atoms with Crippen LogP contribution in [0, 0.1) is 6.92 Å². The van der Waals surface area contributed by atoms with Crippen molar-refractivity contribution in [1.82, 2.24) is 9.97 Å². The number of aromatic nitrogens is 2. The smallest absolute Gasteiger partial charge is 0.104 e. The molecule has 1 aromatic heterocycles. The maximum atomic E-state index is 6.00. The topological polar surface area (TPSA) is 37.9 Å². The Hall–Kier alpha value is -1.55. The lowest BCUT2D eigenvalue weighted by Gasteiger charge is -2.14. The first kappa shape index (κ1) is 15.3. The van der Waals surface area contributed by atoms with Gasteiger partial charge in [-0.3, -0.25) is 0 Å². The Kier molecular flexibility index (Phi) is 4.39. The van der Waals surface area contributed by atoms with Gasteiger partial charge in [-0.05, 0) is 55.3 Å². The molecule has 0 amide bonds. The van der Waals surface area contributed by atoms with Crippen molar-refractivity contribution in [3.8, 4) is 0 Å². The van der Waals surface area contributed by atoms with E-state index in [1.54, 1.807) is 6.07 Å². The molecule has 0 aliphatic carbocycles. The molecule has 2 aromatic carbocycles. The van der Waals surface area contributed by atoms with E-state index in [-0.39, 0.29) is 6.10 Å². The first-order chi connectivity index (χ1) is 10.5. The summed E-state index contributed by atoms with van der Waals surface area (Å²) < 4.78 is 5.93. The zero-order valence-electron chi connectivity index (χ0n) is 12.4. The van der Waals surface area contributed by atoms with Crippen molar-refractivity contribution in [1.29, 1.82) is 0 Å². The van der Waals surface area contributed by atoms with E-state index in [0.29, 0.717) is 16.7 Å². The van der Waals surface area contributed by atoms with Gasteiger partial charge < -0.3 is 9.72 Å². The van der Waals surface area contributed by atoms with Crippen LogP contribution in [0.15, 0.2) is 36.4 Å². The van der Waals surface area contributed by atoms with Crippen molar-refractivity contribution in [2.24, 2.45) is 0 Å². The average molecular weight is 335 g/mol. The highest BCUT2D eigenvalue weighted by Crippen LogP contribution is 2.24. The highest BCUT2D eigenvalue weighted by atomic mass is 35.5. The molecule has 0 aliphatic rings. The summed E-state index contributed by atoms with van der Waals surface area (Å²) in [6.07, 6.45) is -0.0363. The molecule has 3 aromatic rings. The monoisotopic (exact) mass is 334 g/mol. The second-order valence-corrected chi connectivity index (χ2v) is 6.20. The molecule has 3 nitrogen and oxygen atoms in total. The number of rotatable bonds is 4. The van der Waals surface area contributed by atoms with E-state index in [1.807, 2.05) is 38.1 Å². The lowest BCUT2D eigenvalue weighted by molar-refractivity contribution is 0.0526. The molecule has 0 saturated heterocycles. The van der Waals surface area contributed by atoms with E-state index in [0.717, 1.165) is 28.0 Å². The van der Waals surface area contributed by atoms with E-state index in [1.165, 1.54) is 0 Å². The number of halogens is 2. The molecule has 1 unspecified atom stereocenters. The number of nitrogens with zero attached hydrogens (tertiary/aromatic N) is 1. The number of hydrogen-bond donors (Lipinski definition) is 1. The van der Waals surface area contributed by atoms with E-state index < -0.39 is 0 Å². The van der Waals surface area contributed by atoms with Gasteiger partial charge in [0.15, 0.2) is 0 Å². The Labute approximate surface area is 139 Å². The van der Waals surface area contributed by atoms with Crippen LogP contribution < -0.4 is 0 Å². The van der Waals surface area contributed by atoms with Crippen LogP contribution >= 0.6 is 23.2 Å². The second-order valence-electron chi connectivity index (χ2n) is 5.33. The largest absolute Gasteiger partial charge is 0.369 e. The fraction of sp³-hybridized carbons (Fsp3) is 0.235. The van der Waals surface area contributed by atoms with Gasteiger partial charge in [0.25, 0.3) is 0 Å². The van der Waals surface area contributed by atoms with Crippen LogP contribution in [0.2, 0.25) is 10.0 Å². The average Bonchev–Trinajstić information content (AvgIpc) is 2.82. The van der Waals surface area contributed by atoms with Crippen LogP contribution in [0.3, 0.4) is 0 Å². The zero-order chi connectivity index (χ0) is 15.7. The number of nitrogens with one attached hydrogen (secondary N) is 1. The maximum Gasteiger partial charge on any atom is 0.104 e. The van der Waals surface area contributed by atoms with Crippen LogP contribution in [0.4, 0.5) is 0 Å². The van der Waals surface area contributed by atoms with Crippen LogP contribution in [-0.4, -0.2) is 9.97 Å². The van der Waals surface area contributed by atoms with E-state index in [2.05, 4.69) is 16.0 Å². The number of H-pyrrole nitrogens is 1. The van der Waals surface area contributed by atoms with E-state index in [9.17, 15) is 0 Å². The van der Waals surface area contributed by atoms with E-state index in [4.69, 9.17) is 27.9 Å². The molecular formula is C17H16Cl2N2O. The highest BCUT2D eigenvalue weighted by Gasteiger charge is 2.09. The third kappa shape index (κ3) is 3.43. The summed E-state index contributed by atoms with van der Waals surface area (Å²) in [5, 5.41) is 1.24. The predicted molar refractivity (Wildman–Crippen MR) is 90.5 cm³/mol. The van der Waals surface area contributed by atoms with Crippen LogP contribution in [0.1, 0.15) is 30.0 Å². The Morgan fingerprint density at radius 2 is 1.86 bits per heavy atom. The molecule has 1 N–H and O–H groups in total. The highest BCUT2D eigenvalue weighted by molar-refractivity contribution is 6.34. The summed E-state index contributed by atoms with van der Waals surface area (Å²) in [5.74, 6) is 0.911. The fourth-order valence-corrected chi connectivity index (χ4v) is 2.99. The van der Waals surface area contributed by atoms with Crippen molar-refractivity contribution >= 4 is 34.2 Å². The molecule has 0 spiro atoms. The Morgan fingerprint density at radius 1 is 1.14 bits per heavy atom. The molecule has 0 saturated carbocycles. The zero-order valence-corrected chi connectivity index (χ0v) is 13.9. The molecule has 22 heavy (non-hydrogen) atoms. The molecular weight excluding hydrogens is 319 g/mol. The minimum absolute atomic E-state index is 0.0363. The predicted octanol–water partition coefficient (Wildman–Crippen LogP) is 5.46. The third-order valence-electron chi connectivity index (χ3n) is 3.52. The van der Waals surface area contributed by atoms with E-state index >= 15 is 0 Å². The molecule has 0 aliphatic heterocycles. The molecule has 1 atom stereocenters. The molecule has 0 bridgehead atoms. The summed E-state index contributed by atoms with van der Waals surface area (Å²) in [5.41, 5.74) is 4.05. The van der Waals surface area contributed by atoms with Crippen molar-refractivity contribution in [2.45, 2.75) is 26.6 Å². The van der Waals surface area contributed by atoms with Crippen molar-refractivity contribution in [3.63, 3.8) is 0 Å². The minimum Gasteiger partial charge on any atom is -0.369 e. The van der Waals surface area contributed by atoms with Crippen LogP contribution in [-0.2, 0) is 11.3 Å². The number of aryl methyl sites for hydroxylation is 1. The van der Waals surface area contributed by atoms with Crippen molar-refractivity contribution in [2.75, 3.05) is 0 Å². The quantitative estimate of drug-likeness (QED) is 0.688. The molecule has 5 heteroatoms. The van der Waals surface area contributed by atoms with Crippen LogP contribution in [0.25, 0.3) is 11.0 Å². The molecule has 1 heterocycles. The Morgan fingerprint density at radius 3 is 2.59 bits per heavy atom. The number of ether oxygens (including phenoxy) is 1. The number of imidazole rings is 1. The summed E-state index contributed by atoms with van der Waals surface area (Å²) in [7, 11) is 0. The second kappa shape index (κ2) is 6.29. The number of fused-ring (bicyclic) bond motifs is 1. The lowest BCUT2D eigenvalue weighted by Crippen LogP contribution is -2.00. The van der Waals surface area contributed by atoms with Gasteiger partial charge >= 0.3 is 0 Å². The maximum absolute atomic E-state index is 6.00.